The van der Waals surface area contributed by atoms with E-state index in [1.54, 1.807) is 0 Å². The standard InChI is InChI=1S/C18H22N4O5S/c23-18(27-11-16-20-17(22-21-16)12-3-4-12)13-5-7-15(8-6-13)28(24,25)19-10-14-2-1-9-26-14/h5-8,12,14,19H,1-4,9-11H2,(H,20,21,22)/t14-/m0/s1. The van der Waals surface area contributed by atoms with Crippen molar-refractivity contribution in [2.75, 3.05) is 13.2 Å². The van der Waals surface area contributed by atoms with Gasteiger partial charge in [0.2, 0.25) is 10.0 Å². The maximum absolute atomic E-state index is 12.3. The van der Waals surface area contributed by atoms with Crippen molar-refractivity contribution < 1.29 is 22.7 Å². The number of aromatic amines is 1. The molecule has 0 bridgehead atoms. The van der Waals surface area contributed by atoms with Crippen LogP contribution in [0.2, 0.25) is 0 Å². The number of carbonyl (C=O) groups excluding carboxylic acids is 1. The highest BCUT2D eigenvalue weighted by Crippen LogP contribution is 2.37. The fraction of sp³-hybridized carbons (Fsp3) is 0.500. The summed E-state index contributed by atoms with van der Waals surface area (Å²) in [6, 6.07) is 5.63. The Morgan fingerprint density at radius 1 is 1.25 bits per heavy atom. The molecule has 1 aliphatic heterocycles. The zero-order valence-electron chi connectivity index (χ0n) is 15.3. The maximum Gasteiger partial charge on any atom is 0.338 e. The summed E-state index contributed by atoms with van der Waals surface area (Å²) in [5.41, 5.74) is 0.264. The van der Waals surface area contributed by atoms with Crippen LogP contribution in [0.3, 0.4) is 0 Å². The summed E-state index contributed by atoms with van der Waals surface area (Å²) >= 11 is 0. The molecule has 1 atom stereocenters. The zero-order valence-corrected chi connectivity index (χ0v) is 16.1. The minimum Gasteiger partial charge on any atom is -0.454 e. The van der Waals surface area contributed by atoms with Crippen LogP contribution >= 0.6 is 0 Å². The summed E-state index contributed by atoms with van der Waals surface area (Å²) < 4.78 is 37.9. The van der Waals surface area contributed by atoms with Crippen LogP contribution in [0.4, 0.5) is 0 Å². The van der Waals surface area contributed by atoms with Gasteiger partial charge in [0.1, 0.15) is 0 Å². The van der Waals surface area contributed by atoms with E-state index in [1.807, 2.05) is 0 Å². The lowest BCUT2D eigenvalue weighted by atomic mass is 10.2. The van der Waals surface area contributed by atoms with Crippen LogP contribution in [0.5, 0.6) is 0 Å². The van der Waals surface area contributed by atoms with Gasteiger partial charge in [0.25, 0.3) is 0 Å². The van der Waals surface area contributed by atoms with E-state index in [9.17, 15) is 13.2 Å². The van der Waals surface area contributed by atoms with E-state index < -0.39 is 16.0 Å². The number of sulfonamides is 1. The van der Waals surface area contributed by atoms with Gasteiger partial charge < -0.3 is 9.47 Å². The van der Waals surface area contributed by atoms with E-state index in [-0.39, 0.29) is 29.7 Å². The molecular weight excluding hydrogens is 384 g/mol. The molecule has 1 aromatic heterocycles. The number of carbonyl (C=O) groups is 1. The second-order valence-corrected chi connectivity index (χ2v) is 8.77. The van der Waals surface area contributed by atoms with Crippen molar-refractivity contribution in [3.8, 4) is 0 Å². The Bertz CT molecular complexity index is 931. The minimum absolute atomic E-state index is 0.0124. The third-order valence-corrected chi connectivity index (χ3v) is 6.20. The predicted octanol–water partition coefficient (Wildman–Crippen LogP) is 1.50. The molecule has 1 saturated carbocycles. The molecule has 10 heteroatoms. The van der Waals surface area contributed by atoms with Crippen molar-refractivity contribution >= 4 is 16.0 Å². The summed E-state index contributed by atoms with van der Waals surface area (Å²) in [5, 5.41) is 6.87. The molecule has 0 spiro atoms. The predicted molar refractivity (Wildman–Crippen MR) is 98.1 cm³/mol. The Hall–Kier alpha value is -2.30. The van der Waals surface area contributed by atoms with Crippen LogP contribution in [-0.4, -0.2) is 48.8 Å². The average Bonchev–Trinajstić information content (AvgIpc) is 3.21. The lowest BCUT2D eigenvalue weighted by Gasteiger charge is -2.11. The Labute approximate surface area is 162 Å². The van der Waals surface area contributed by atoms with E-state index in [1.165, 1.54) is 24.3 Å². The topological polar surface area (TPSA) is 123 Å². The van der Waals surface area contributed by atoms with Gasteiger partial charge >= 0.3 is 5.97 Å². The van der Waals surface area contributed by atoms with Gasteiger partial charge in [0.15, 0.2) is 18.3 Å². The van der Waals surface area contributed by atoms with E-state index in [2.05, 4.69) is 19.9 Å². The molecule has 4 rings (SSSR count). The summed E-state index contributed by atoms with van der Waals surface area (Å²) in [6.07, 6.45) is 3.89. The van der Waals surface area contributed by atoms with Crippen LogP contribution < -0.4 is 4.72 Å². The quantitative estimate of drug-likeness (QED) is 0.637. The molecule has 28 heavy (non-hydrogen) atoms. The highest BCUT2D eigenvalue weighted by atomic mass is 32.2. The normalized spacial score (nSPS) is 19.6. The smallest absolute Gasteiger partial charge is 0.338 e. The monoisotopic (exact) mass is 406 g/mol. The number of nitrogens with one attached hydrogen (secondary N) is 2. The maximum atomic E-state index is 12.3. The third-order valence-electron chi connectivity index (χ3n) is 4.76. The zero-order chi connectivity index (χ0) is 19.6. The molecule has 2 N–H and O–H groups in total. The first-order valence-electron chi connectivity index (χ1n) is 9.31. The van der Waals surface area contributed by atoms with Gasteiger partial charge in [-0.05, 0) is 49.9 Å². The third kappa shape index (κ3) is 4.57. The SMILES string of the molecule is O=C(OCc1nc(C2CC2)n[nH]1)c1ccc(S(=O)(=O)NC[C@@H]2CCCO2)cc1. The Balaban J connectivity index is 1.31. The summed E-state index contributed by atoms with van der Waals surface area (Å²) in [4.78, 5) is 16.6. The van der Waals surface area contributed by atoms with E-state index in [0.717, 1.165) is 31.5 Å². The van der Waals surface area contributed by atoms with Crippen LogP contribution in [0, 0.1) is 0 Å². The molecule has 2 aromatic rings. The molecule has 1 aromatic carbocycles. The van der Waals surface area contributed by atoms with Gasteiger partial charge in [-0.1, -0.05) is 0 Å². The van der Waals surface area contributed by atoms with Gasteiger partial charge in [-0.3, -0.25) is 5.10 Å². The van der Waals surface area contributed by atoms with Crippen molar-refractivity contribution in [3.63, 3.8) is 0 Å². The first-order chi connectivity index (χ1) is 13.5. The van der Waals surface area contributed by atoms with Crippen molar-refractivity contribution in [1.82, 2.24) is 19.9 Å². The minimum atomic E-state index is -3.65. The molecule has 2 fully saturated rings. The van der Waals surface area contributed by atoms with Gasteiger partial charge in [-0.15, -0.1) is 0 Å². The molecule has 9 nitrogen and oxygen atoms in total. The number of hydrogen-bond donors (Lipinski definition) is 2. The van der Waals surface area contributed by atoms with Gasteiger partial charge in [0.05, 0.1) is 16.6 Å². The highest BCUT2D eigenvalue weighted by molar-refractivity contribution is 7.89. The van der Waals surface area contributed by atoms with E-state index >= 15 is 0 Å². The number of hydrogen-bond acceptors (Lipinski definition) is 7. The van der Waals surface area contributed by atoms with E-state index in [0.29, 0.717) is 18.3 Å². The first kappa shape index (κ1) is 19.0. The molecule has 2 heterocycles. The molecule has 0 amide bonds. The molecule has 1 aliphatic carbocycles. The molecule has 1 saturated heterocycles. The first-order valence-corrected chi connectivity index (χ1v) is 10.8. The van der Waals surface area contributed by atoms with Crippen molar-refractivity contribution in [3.05, 3.63) is 41.5 Å². The fourth-order valence-corrected chi connectivity index (χ4v) is 4.04. The highest BCUT2D eigenvalue weighted by Gasteiger charge is 2.28. The number of H-pyrrole nitrogens is 1. The van der Waals surface area contributed by atoms with Crippen LogP contribution in [-0.2, 0) is 26.1 Å². The van der Waals surface area contributed by atoms with Crippen molar-refractivity contribution in [2.45, 2.75) is 49.2 Å². The summed E-state index contributed by atoms with van der Waals surface area (Å²) in [6.45, 7) is 0.896. The van der Waals surface area contributed by atoms with Crippen LogP contribution in [0.25, 0.3) is 0 Å². The van der Waals surface area contributed by atoms with Gasteiger partial charge in [-0.2, -0.15) is 5.10 Å². The molecule has 0 radical (unpaired) electrons. The van der Waals surface area contributed by atoms with Crippen LogP contribution in [0.15, 0.2) is 29.2 Å². The van der Waals surface area contributed by atoms with Gasteiger partial charge in [0, 0.05) is 19.1 Å². The van der Waals surface area contributed by atoms with E-state index in [4.69, 9.17) is 9.47 Å². The Morgan fingerprint density at radius 3 is 2.71 bits per heavy atom. The molecular formula is C18H22N4O5S. The number of rotatable bonds is 8. The fourth-order valence-electron chi connectivity index (χ4n) is 2.98. The second-order valence-electron chi connectivity index (χ2n) is 7.00. The number of ether oxygens (including phenoxy) is 2. The summed E-state index contributed by atoms with van der Waals surface area (Å²) in [7, 11) is -3.65. The average molecular weight is 406 g/mol. The number of nitrogens with zero attached hydrogens (tertiary/aromatic N) is 2. The largest absolute Gasteiger partial charge is 0.454 e. The van der Waals surface area contributed by atoms with Gasteiger partial charge in [-0.25, -0.2) is 22.9 Å². The number of esters is 1. The number of aromatic nitrogens is 3. The lowest BCUT2D eigenvalue weighted by molar-refractivity contribution is 0.0462. The Kier molecular flexibility index (Phi) is 5.42. The van der Waals surface area contributed by atoms with Crippen LogP contribution in [0.1, 0.15) is 53.6 Å². The van der Waals surface area contributed by atoms with Crippen molar-refractivity contribution in [1.29, 1.82) is 0 Å². The molecule has 0 unspecified atom stereocenters. The number of benzene rings is 1. The van der Waals surface area contributed by atoms with Crippen molar-refractivity contribution in [2.24, 2.45) is 0 Å². The Morgan fingerprint density at radius 2 is 2.04 bits per heavy atom. The molecule has 2 aliphatic rings. The summed E-state index contributed by atoms with van der Waals surface area (Å²) in [5.74, 6) is 1.12. The lowest BCUT2D eigenvalue weighted by Crippen LogP contribution is -2.31. The molecule has 150 valence electrons. The second kappa shape index (κ2) is 7.98.